The van der Waals surface area contributed by atoms with E-state index in [1.54, 1.807) is 10.4 Å². The van der Waals surface area contributed by atoms with Crippen molar-refractivity contribution in [2.24, 2.45) is 0 Å². The van der Waals surface area contributed by atoms with E-state index in [1.807, 2.05) is 0 Å². The molecule has 2 aromatic rings. The van der Waals surface area contributed by atoms with Gasteiger partial charge < -0.3 is 0 Å². The summed E-state index contributed by atoms with van der Waals surface area (Å²) in [6.45, 7) is 101. The lowest BCUT2D eigenvalue weighted by Gasteiger charge is -2.47. The number of benzene rings is 2. The summed E-state index contributed by atoms with van der Waals surface area (Å²) in [5.74, 6) is 0. The Labute approximate surface area is 518 Å². The minimum Gasteiger partial charge on any atom is -0.0694 e. The molecule has 0 aliphatic heterocycles. The molecule has 0 aliphatic rings. The molecule has 80 heavy (non-hydrogen) atoms. The molecule has 0 nitrogen and oxygen atoms in total. The van der Waals surface area contributed by atoms with E-state index >= 15 is 0 Å². The van der Waals surface area contributed by atoms with E-state index in [0.717, 1.165) is 61.0 Å². The Morgan fingerprint density at radius 3 is 0.625 bits per heavy atom. The smallest absolute Gasteiger partial charge is 0.0694 e. The van der Waals surface area contributed by atoms with Gasteiger partial charge in [-0.3, -0.25) is 0 Å². The molecule has 0 saturated carbocycles. The van der Waals surface area contributed by atoms with E-state index in [2.05, 4.69) is 349 Å². The summed E-state index contributed by atoms with van der Waals surface area (Å²) in [4.78, 5) is 0. The zero-order valence-corrected chi connectivity index (χ0v) is 70.7. The van der Waals surface area contributed by atoms with Crippen LogP contribution < -0.4 is 10.4 Å². The molecule has 0 spiro atoms. The number of rotatable bonds is 19. The molecular formula is C73H158Si7. The summed E-state index contributed by atoms with van der Waals surface area (Å²) in [5, 5.41) is 3.94. The zero-order valence-electron chi connectivity index (χ0n) is 63.7. The van der Waals surface area contributed by atoms with Gasteiger partial charge in [-0.1, -0.05) is 450 Å². The van der Waals surface area contributed by atoms with Crippen molar-refractivity contribution in [3.8, 4) is 0 Å². The van der Waals surface area contributed by atoms with Gasteiger partial charge in [0, 0.05) is 8.07 Å². The topological polar surface area (TPSA) is 0 Å². The highest BCUT2D eigenvalue weighted by atomic mass is 28.3. The van der Waals surface area contributed by atoms with Gasteiger partial charge in [-0.25, -0.2) is 0 Å². The first-order chi connectivity index (χ1) is 35.8. The van der Waals surface area contributed by atoms with Crippen molar-refractivity contribution in [1.82, 2.24) is 0 Å². The lowest BCUT2D eigenvalue weighted by Crippen LogP contribution is -2.66. The highest BCUT2D eigenvalue weighted by molar-refractivity contribution is 7.05. The Kier molecular flexibility index (Phi) is 43.2. The van der Waals surface area contributed by atoms with E-state index in [1.165, 1.54) is 30.2 Å². The van der Waals surface area contributed by atoms with Crippen LogP contribution in [0.1, 0.15) is 242 Å². The third kappa shape index (κ3) is 26.1. The van der Waals surface area contributed by atoms with Gasteiger partial charge in [0.25, 0.3) is 0 Å². The Morgan fingerprint density at radius 2 is 0.562 bits per heavy atom. The predicted octanol–water partition coefficient (Wildman–Crippen LogP) is 27.9. The second-order valence-corrected chi connectivity index (χ2v) is 75.3. The minimum atomic E-state index is -1.83. The molecule has 0 aromatic heterocycles. The maximum absolute atomic E-state index is 2.48. The van der Waals surface area contributed by atoms with Crippen LogP contribution in [0, 0.1) is 0 Å². The molecule has 0 atom stereocenters. The van der Waals surface area contributed by atoms with Gasteiger partial charge in [0.05, 0.1) is 40.4 Å². The second-order valence-electron chi connectivity index (χ2n) is 33.2. The van der Waals surface area contributed by atoms with E-state index in [0.29, 0.717) is 10.6 Å². The lowest BCUT2D eigenvalue weighted by atomic mass is 10.2. The van der Waals surface area contributed by atoms with Gasteiger partial charge in [0.1, 0.15) is 8.07 Å². The molecule has 0 saturated heterocycles. The van der Waals surface area contributed by atoms with Gasteiger partial charge in [0.2, 0.25) is 0 Å². The molecule has 0 fully saturated rings. The molecule has 2 rings (SSSR count). The standard InChI is InChI=1S/C19H26Si.C12H28Si.C10H24Si.2C9H22Si.C8H20Si.C6H16Si/c1-16(2)20(19(3,4)5,17-12-8-6-9-13-17)18-14-10-7-11-15-18;1-9(2)13(10(3)4,11(5)6)12(7)8;1-7-11(8-2,9(3)4)10(5)6;1-8(2)10(6,7)9(3,4)5;1-6-10(7-2,8-3)9(4)5;1-7(2)9(5,6)8(3)4;1-6(2)7(3,4)5/h6-16H,1-5H3;9-12H,1-8H3;9-10H,7-8H2,1-6H3;8H,1-7H3;9H,6-8H2,1-5H3;7-8H,1-6H3;6H,1-5H3. The number of hydrogen-bond donors (Lipinski definition) is 0. The average Bonchev–Trinajstić information content (AvgIpc) is 3.30. The van der Waals surface area contributed by atoms with Crippen molar-refractivity contribution in [3.05, 3.63) is 60.7 Å². The van der Waals surface area contributed by atoms with Crippen molar-refractivity contribution in [2.75, 3.05) is 0 Å². The van der Waals surface area contributed by atoms with Gasteiger partial charge in [0.15, 0.2) is 0 Å². The van der Waals surface area contributed by atoms with Crippen molar-refractivity contribution >= 4 is 66.9 Å². The summed E-state index contributed by atoms with van der Waals surface area (Å²) in [6.07, 6.45) is 0. The average molecular weight is 1230 g/mol. The molecule has 0 aliphatic carbocycles. The monoisotopic (exact) mass is 1230 g/mol. The highest BCUT2D eigenvalue weighted by Gasteiger charge is 2.50. The van der Waals surface area contributed by atoms with Gasteiger partial charge in [-0.15, -0.1) is 0 Å². The maximum atomic E-state index is 2.48. The maximum Gasteiger partial charge on any atom is 0.125 e. The molecule has 0 radical (unpaired) electrons. The predicted molar refractivity (Wildman–Crippen MR) is 406 cm³/mol. The largest absolute Gasteiger partial charge is 0.125 e. The molecule has 0 heterocycles. The third-order valence-electron chi connectivity index (χ3n) is 23.5. The first-order valence-corrected chi connectivity index (χ1v) is 53.4. The summed E-state index contributed by atoms with van der Waals surface area (Å²) < 4.78 is 0. The van der Waals surface area contributed by atoms with Crippen LogP contribution in [0.2, 0.25) is 153 Å². The van der Waals surface area contributed by atoms with Crippen LogP contribution in [0.15, 0.2) is 60.7 Å². The van der Waals surface area contributed by atoms with Gasteiger partial charge >= 0.3 is 0 Å². The molecule has 478 valence electrons. The summed E-state index contributed by atoms with van der Waals surface area (Å²) >= 11 is 0. The Bertz CT molecular complexity index is 1660. The lowest BCUT2D eigenvalue weighted by molar-refractivity contribution is 0.695. The van der Waals surface area contributed by atoms with E-state index in [9.17, 15) is 0 Å². The molecule has 7 heteroatoms. The number of hydrogen-bond acceptors (Lipinski definition) is 0. The quantitative estimate of drug-likeness (QED) is 0.123. The summed E-state index contributed by atoms with van der Waals surface area (Å²) in [7, 11) is -7.20. The van der Waals surface area contributed by atoms with Crippen LogP contribution in [0.3, 0.4) is 0 Å². The van der Waals surface area contributed by atoms with Crippen LogP contribution in [0.25, 0.3) is 0 Å². The summed E-state index contributed by atoms with van der Waals surface area (Å²) in [5.41, 5.74) is 10.9. The fraction of sp³-hybridized carbons (Fsp3) is 0.836. The first kappa shape index (κ1) is 88.7. The molecule has 0 N–H and O–H groups in total. The molecule has 0 unspecified atom stereocenters. The normalized spacial score (nSPS) is 13.2. The van der Waals surface area contributed by atoms with Crippen LogP contribution >= 0.6 is 0 Å². The Hall–Kier alpha value is -0.0418. The minimum absolute atomic E-state index is 0.282. The van der Waals surface area contributed by atoms with E-state index < -0.39 is 56.5 Å². The van der Waals surface area contributed by atoms with Crippen molar-refractivity contribution in [1.29, 1.82) is 0 Å². The molecular weight excluding hydrogens is 1070 g/mol. The van der Waals surface area contributed by atoms with E-state index in [-0.39, 0.29) is 5.04 Å². The van der Waals surface area contributed by atoms with Gasteiger partial charge in [-0.05, 0) is 15.6 Å². The third-order valence-corrected chi connectivity index (χ3v) is 68.2. The Balaban J connectivity index is -0.000000282. The van der Waals surface area contributed by atoms with Gasteiger partial charge in [-0.2, -0.15) is 0 Å². The van der Waals surface area contributed by atoms with Crippen molar-refractivity contribution in [2.45, 2.75) is 395 Å². The van der Waals surface area contributed by atoms with Crippen LogP contribution in [-0.4, -0.2) is 56.5 Å². The summed E-state index contributed by atoms with van der Waals surface area (Å²) in [6, 6.07) is 29.7. The molecule has 0 amide bonds. The zero-order chi connectivity index (χ0) is 65.2. The van der Waals surface area contributed by atoms with E-state index in [4.69, 9.17) is 0 Å². The SMILES string of the molecule is CC(C)[Si](C(C)C)(C(C)C)C(C)C.CC(C)[Si](C)(C)C.CC(C)[Si](C)(C)C(C)(C)C.CC(C)[Si](C)(C)C(C)C.CC(C)[Si](c1ccccc1)(c1ccccc1)C(C)(C)C.CC[Si](CC)(C(C)C)C(C)C.CC[Si](CC)(CC)C(C)C. The van der Waals surface area contributed by atoms with Crippen molar-refractivity contribution < 1.29 is 0 Å². The van der Waals surface area contributed by atoms with Crippen LogP contribution in [-0.2, 0) is 0 Å². The van der Waals surface area contributed by atoms with Crippen LogP contribution in [0.5, 0.6) is 0 Å². The fourth-order valence-corrected chi connectivity index (χ4v) is 40.7. The Morgan fingerprint density at radius 1 is 0.300 bits per heavy atom. The van der Waals surface area contributed by atoms with Crippen molar-refractivity contribution in [3.63, 3.8) is 0 Å². The van der Waals surface area contributed by atoms with Crippen LogP contribution in [0.4, 0.5) is 0 Å². The fourth-order valence-electron chi connectivity index (χ4n) is 14.0. The molecule has 2 aromatic carbocycles. The highest BCUT2D eigenvalue weighted by Crippen LogP contribution is 2.49. The second kappa shape index (κ2) is 39.0. The first-order valence-electron chi connectivity index (χ1n) is 33.9. The molecule has 0 bridgehead atoms.